The zero-order valence-electron chi connectivity index (χ0n) is 7.41. The second kappa shape index (κ2) is 2.53. The van der Waals surface area contributed by atoms with Gasteiger partial charge < -0.3 is 0 Å². The molecule has 0 saturated carbocycles. The molecule has 0 fully saturated rings. The zero-order chi connectivity index (χ0) is 9.83. The third kappa shape index (κ3) is 0.835. The molecule has 72 valence electrons. The zero-order valence-corrected chi connectivity index (χ0v) is 9.05. The largest absolute Gasteiger partial charge is 0.191 e. The Bertz CT molecular complexity index is 584. The van der Waals surface area contributed by atoms with Crippen molar-refractivity contribution in [3.8, 4) is 0 Å². The fourth-order valence-electron chi connectivity index (χ4n) is 1.82. The van der Waals surface area contributed by atoms with Gasteiger partial charge in [0.25, 0.3) is 0 Å². The Morgan fingerprint density at radius 3 is 2.93 bits per heavy atom. The molecular formula is C9H4N4S2. The lowest BCUT2D eigenvalue weighted by Crippen LogP contribution is -1.88. The molecule has 0 aliphatic carbocycles. The van der Waals surface area contributed by atoms with E-state index in [1.54, 1.807) is 27.2 Å². The van der Waals surface area contributed by atoms with Crippen LogP contribution < -0.4 is 0 Å². The Morgan fingerprint density at radius 2 is 1.93 bits per heavy atom. The number of aromatic nitrogens is 4. The second-order valence-corrected chi connectivity index (χ2v) is 5.04. The van der Waals surface area contributed by atoms with Gasteiger partial charge >= 0.3 is 0 Å². The van der Waals surface area contributed by atoms with Crippen LogP contribution in [-0.2, 0) is 0 Å². The van der Waals surface area contributed by atoms with Gasteiger partial charge in [-0.15, -0.1) is 27.8 Å². The van der Waals surface area contributed by atoms with Gasteiger partial charge in [-0.2, -0.15) is 4.52 Å². The third-order valence-electron chi connectivity index (χ3n) is 2.45. The Morgan fingerprint density at radius 1 is 1.07 bits per heavy atom. The molecule has 0 spiro atoms. The SMILES string of the molecule is c1cc2c(s1)c1sccc1n1nnnc21. The molecule has 4 aromatic rings. The molecule has 0 saturated heterocycles. The van der Waals surface area contributed by atoms with Crippen molar-refractivity contribution < 1.29 is 0 Å². The van der Waals surface area contributed by atoms with E-state index in [9.17, 15) is 0 Å². The van der Waals surface area contributed by atoms with E-state index in [4.69, 9.17) is 0 Å². The fraction of sp³-hybridized carbons (Fsp3) is 0. The number of fused-ring (bicyclic) bond motifs is 6. The number of thiophene rings is 2. The number of hydrogen-bond acceptors (Lipinski definition) is 5. The lowest BCUT2D eigenvalue weighted by Gasteiger charge is -1.95. The molecule has 4 rings (SSSR count). The summed E-state index contributed by atoms with van der Waals surface area (Å²) in [5.41, 5.74) is 1.94. The van der Waals surface area contributed by atoms with E-state index in [-0.39, 0.29) is 0 Å². The summed E-state index contributed by atoms with van der Waals surface area (Å²) in [6.07, 6.45) is 0. The van der Waals surface area contributed by atoms with Gasteiger partial charge in [0, 0.05) is 5.39 Å². The van der Waals surface area contributed by atoms with Crippen molar-refractivity contribution in [3.05, 3.63) is 22.9 Å². The van der Waals surface area contributed by atoms with Gasteiger partial charge in [-0.25, -0.2) is 0 Å². The molecule has 4 nitrogen and oxygen atoms in total. The summed E-state index contributed by atoms with van der Waals surface area (Å²) >= 11 is 3.47. The summed E-state index contributed by atoms with van der Waals surface area (Å²) in [5, 5.41) is 17.1. The smallest absolute Gasteiger partial charge is 0.188 e. The molecule has 6 heteroatoms. The van der Waals surface area contributed by atoms with Gasteiger partial charge in [-0.1, -0.05) is 0 Å². The molecule has 0 unspecified atom stereocenters. The fourth-order valence-corrected chi connectivity index (χ4v) is 3.77. The highest BCUT2D eigenvalue weighted by atomic mass is 32.1. The quantitative estimate of drug-likeness (QED) is 0.468. The Hall–Kier alpha value is -1.53. The number of tetrazole rings is 1. The highest BCUT2D eigenvalue weighted by Gasteiger charge is 2.12. The van der Waals surface area contributed by atoms with Gasteiger partial charge in [0.15, 0.2) is 5.65 Å². The van der Waals surface area contributed by atoms with E-state index in [0.29, 0.717) is 0 Å². The van der Waals surface area contributed by atoms with Crippen LogP contribution in [0.15, 0.2) is 22.9 Å². The van der Waals surface area contributed by atoms with Crippen molar-refractivity contribution >= 4 is 48.6 Å². The first-order chi connectivity index (χ1) is 7.45. The summed E-state index contributed by atoms with van der Waals surface area (Å²) in [4.78, 5) is 0. The van der Waals surface area contributed by atoms with Crippen LogP contribution in [0.1, 0.15) is 0 Å². The molecule has 0 atom stereocenters. The van der Waals surface area contributed by atoms with Crippen LogP contribution in [0.4, 0.5) is 0 Å². The van der Waals surface area contributed by atoms with Crippen molar-refractivity contribution in [1.29, 1.82) is 0 Å². The summed E-state index contributed by atoms with van der Waals surface area (Å²) in [6.45, 7) is 0. The molecule has 0 amide bonds. The summed E-state index contributed by atoms with van der Waals surface area (Å²) in [5.74, 6) is 0. The highest BCUT2D eigenvalue weighted by molar-refractivity contribution is 7.25. The normalized spacial score (nSPS) is 12.0. The Kier molecular flexibility index (Phi) is 1.30. The molecule has 15 heavy (non-hydrogen) atoms. The molecule has 0 aromatic carbocycles. The average Bonchev–Trinajstić information content (AvgIpc) is 2.97. The Balaban J connectivity index is 2.56. The van der Waals surface area contributed by atoms with Crippen LogP contribution in [-0.4, -0.2) is 20.0 Å². The summed E-state index contributed by atoms with van der Waals surface area (Å²) < 4.78 is 4.35. The number of rotatable bonds is 0. The van der Waals surface area contributed by atoms with Crippen molar-refractivity contribution in [2.45, 2.75) is 0 Å². The number of pyridine rings is 1. The first kappa shape index (κ1) is 7.72. The van der Waals surface area contributed by atoms with E-state index < -0.39 is 0 Å². The van der Waals surface area contributed by atoms with Gasteiger partial charge in [-0.05, 0) is 33.3 Å². The standard InChI is InChI=1S/C9H4N4S2/c1-3-14-7-5(1)9-10-11-12-13(9)6-2-4-15-8(6)7/h1-4H. The van der Waals surface area contributed by atoms with Crippen LogP contribution in [0.5, 0.6) is 0 Å². The van der Waals surface area contributed by atoms with Crippen LogP contribution in [0.3, 0.4) is 0 Å². The second-order valence-electron chi connectivity index (χ2n) is 3.21. The van der Waals surface area contributed by atoms with Crippen molar-refractivity contribution in [3.63, 3.8) is 0 Å². The molecular weight excluding hydrogens is 228 g/mol. The highest BCUT2D eigenvalue weighted by Crippen LogP contribution is 2.34. The minimum absolute atomic E-state index is 0.845. The van der Waals surface area contributed by atoms with Crippen LogP contribution in [0.25, 0.3) is 25.9 Å². The van der Waals surface area contributed by atoms with Crippen molar-refractivity contribution in [2.24, 2.45) is 0 Å². The van der Waals surface area contributed by atoms with Gasteiger partial charge in [0.2, 0.25) is 0 Å². The molecule has 0 bridgehead atoms. The topological polar surface area (TPSA) is 43.1 Å². The molecule has 4 heterocycles. The monoisotopic (exact) mass is 232 g/mol. The molecule has 0 aliphatic rings. The predicted octanol–water partition coefficient (Wildman–Crippen LogP) is 2.55. The predicted molar refractivity (Wildman–Crippen MR) is 61.5 cm³/mol. The number of nitrogens with zero attached hydrogens (tertiary/aromatic N) is 4. The minimum atomic E-state index is 0.845. The van der Waals surface area contributed by atoms with E-state index in [1.165, 1.54) is 9.40 Å². The summed E-state index contributed by atoms with van der Waals surface area (Å²) in [6, 6.07) is 4.13. The van der Waals surface area contributed by atoms with Crippen LogP contribution >= 0.6 is 22.7 Å². The van der Waals surface area contributed by atoms with E-state index >= 15 is 0 Å². The molecule has 4 aromatic heterocycles. The maximum absolute atomic E-state index is 4.06. The summed E-state index contributed by atoms with van der Waals surface area (Å²) in [7, 11) is 0. The van der Waals surface area contributed by atoms with Crippen molar-refractivity contribution in [2.75, 3.05) is 0 Å². The average molecular weight is 232 g/mol. The van der Waals surface area contributed by atoms with Gasteiger partial charge in [0.05, 0.1) is 14.9 Å². The molecule has 0 radical (unpaired) electrons. The third-order valence-corrected chi connectivity index (χ3v) is 4.44. The lowest BCUT2D eigenvalue weighted by molar-refractivity contribution is 0.842. The molecule has 0 N–H and O–H groups in total. The van der Waals surface area contributed by atoms with Crippen LogP contribution in [0.2, 0.25) is 0 Å². The maximum Gasteiger partial charge on any atom is 0.188 e. The first-order valence-electron chi connectivity index (χ1n) is 4.39. The maximum atomic E-state index is 4.06. The molecule has 0 aliphatic heterocycles. The lowest BCUT2D eigenvalue weighted by atomic mass is 10.3. The van der Waals surface area contributed by atoms with Gasteiger partial charge in [0.1, 0.15) is 0 Å². The Labute approximate surface area is 91.8 Å². The number of hydrogen-bond donors (Lipinski definition) is 0. The van der Waals surface area contributed by atoms with E-state index in [2.05, 4.69) is 38.4 Å². The van der Waals surface area contributed by atoms with Crippen LogP contribution in [0, 0.1) is 0 Å². The minimum Gasteiger partial charge on any atom is -0.191 e. The van der Waals surface area contributed by atoms with E-state index in [1.807, 2.05) is 0 Å². The van der Waals surface area contributed by atoms with E-state index in [0.717, 1.165) is 16.6 Å². The van der Waals surface area contributed by atoms with Gasteiger partial charge in [-0.3, -0.25) is 0 Å². The van der Waals surface area contributed by atoms with Crippen molar-refractivity contribution in [1.82, 2.24) is 20.0 Å². The first-order valence-corrected chi connectivity index (χ1v) is 6.15.